The van der Waals surface area contributed by atoms with Gasteiger partial charge in [0, 0.05) is 19.5 Å². The molecule has 2 rings (SSSR count). The van der Waals surface area contributed by atoms with E-state index in [2.05, 4.69) is 10.4 Å². The molecule has 1 saturated heterocycles. The summed E-state index contributed by atoms with van der Waals surface area (Å²) in [6.07, 6.45) is 2.24. The maximum absolute atomic E-state index is 13.2. The molecule has 15 heavy (non-hydrogen) atoms. The second-order valence-corrected chi connectivity index (χ2v) is 3.99. The molecule has 3 N–H and O–H groups in total. The largest absolute Gasteiger partial charge is 0.396 e. The zero-order valence-corrected chi connectivity index (χ0v) is 8.91. The molecular formula is C10H17FN4. The third-order valence-corrected chi connectivity index (χ3v) is 2.89. The van der Waals surface area contributed by atoms with Crippen molar-refractivity contribution in [1.29, 1.82) is 0 Å². The van der Waals surface area contributed by atoms with Gasteiger partial charge in [0.2, 0.25) is 0 Å². The summed E-state index contributed by atoms with van der Waals surface area (Å²) in [6.45, 7) is 3.26. The van der Waals surface area contributed by atoms with Crippen LogP contribution in [0, 0.1) is 0 Å². The Morgan fingerprint density at radius 3 is 3.13 bits per heavy atom. The third-order valence-electron chi connectivity index (χ3n) is 2.89. The van der Waals surface area contributed by atoms with Crippen LogP contribution in [0.25, 0.3) is 0 Å². The number of piperidine rings is 1. The topological polar surface area (TPSA) is 55.9 Å². The minimum Gasteiger partial charge on any atom is -0.396 e. The van der Waals surface area contributed by atoms with Crippen LogP contribution >= 0.6 is 0 Å². The van der Waals surface area contributed by atoms with Gasteiger partial charge >= 0.3 is 0 Å². The molecule has 1 aliphatic heterocycles. The number of nitrogens with one attached hydrogen (secondary N) is 1. The number of halogens is 1. The number of rotatable bonds is 2. The van der Waals surface area contributed by atoms with Crippen LogP contribution in [0.5, 0.6) is 0 Å². The molecule has 1 aromatic rings. The highest BCUT2D eigenvalue weighted by atomic mass is 19.1. The molecule has 5 heteroatoms. The predicted octanol–water partition coefficient (Wildman–Crippen LogP) is 0.900. The molecule has 4 nitrogen and oxygen atoms in total. The van der Waals surface area contributed by atoms with Gasteiger partial charge in [0.25, 0.3) is 0 Å². The Morgan fingerprint density at radius 2 is 2.47 bits per heavy atom. The zero-order valence-electron chi connectivity index (χ0n) is 8.91. The minimum atomic E-state index is -0.779. The van der Waals surface area contributed by atoms with Crippen LogP contribution in [0.2, 0.25) is 0 Å². The number of nitrogens with zero attached hydrogens (tertiary/aromatic N) is 2. The van der Waals surface area contributed by atoms with E-state index in [0.717, 1.165) is 18.7 Å². The molecule has 0 saturated carbocycles. The van der Waals surface area contributed by atoms with Gasteiger partial charge in [-0.1, -0.05) is 6.92 Å². The maximum Gasteiger partial charge on any atom is 0.115 e. The van der Waals surface area contributed by atoms with E-state index in [1.807, 2.05) is 11.6 Å². The maximum atomic E-state index is 13.2. The molecule has 1 fully saturated rings. The molecule has 1 aromatic heterocycles. The monoisotopic (exact) mass is 212 g/mol. The molecule has 0 bridgehead atoms. The molecular weight excluding hydrogens is 195 g/mol. The summed E-state index contributed by atoms with van der Waals surface area (Å²) in [7, 11) is 0. The van der Waals surface area contributed by atoms with Crippen molar-refractivity contribution in [3.05, 3.63) is 11.9 Å². The van der Waals surface area contributed by atoms with E-state index in [-0.39, 0.29) is 6.04 Å². The average molecular weight is 212 g/mol. The summed E-state index contributed by atoms with van der Waals surface area (Å²) in [5, 5.41) is 7.30. The van der Waals surface area contributed by atoms with Crippen LogP contribution in [0.4, 0.5) is 10.1 Å². The quantitative estimate of drug-likeness (QED) is 0.765. The van der Waals surface area contributed by atoms with Crippen LogP contribution in [0.15, 0.2) is 6.20 Å². The predicted molar refractivity (Wildman–Crippen MR) is 57.4 cm³/mol. The fourth-order valence-electron chi connectivity index (χ4n) is 2.14. The van der Waals surface area contributed by atoms with Crippen molar-refractivity contribution in [2.75, 3.05) is 18.8 Å². The van der Waals surface area contributed by atoms with Gasteiger partial charge < -0.3 is 11.1 Å². The second kappa shape index (κ2) is 4.18. The Kier molecular flexibility index (Phi) is 2.90. The van der Waals surface area contributed by atoms with Crippen molar-refractivity contribution in [2.45, 2.75) is 32.0 Å². The Hall–Kier alpha value is -1.10. The Balaban J connectivity index is 2.20. The minimum absolute atomic E-state index is 0.0981. The Bertz CT molecular complexity index is 336. The van der Waals surface area contributed by atoms with Crippen LogP contribution in [-0.4, -0.2) is 29.0 Å². The summed E-state index contributed by atoms with van der Waals surface area (Å²) in [5.41, 5.74) is 7.51. The highest BCUT2D eigenvalue weighted by molar-refractivity contribution is 5.41. The van der Waals surface area contributed by atoms with Crippen molar-refractivity contribution in [2.24, 2.45) is 0 Å². The highest BCUT2D eigenvalue weighted by Gasteiger charge is 2.24. The summed E-state index contributed by atoms with van der Waals surface area (Å²) in [6, 6.07) is 0.0981. The van der Waals surface area contributed by atoms with Gasteiger partial charge in [-0.3, -0.25) is 4.68 Å². The number of hydrogen-bond acceptors (Lipinski definition) is 3. The molecule has 0 aromatic carbocycles. The first-order valence-corrected chi connectivity index (χ1v) is 5.39. The summed E-state index contributed by atoms with van der Waals surface area (Å²) in [5.74, 6) is 0. The van der Waals surface area contributed by atoms with Crippen molar-refractivity contribution in [1.82, 2.24) is 15.1 Å². The molecule has 0 radical (unpaired) electrons. The number of aromatic nitrogens is 2. The van der Waals surface area contributed by atoms with Crippen molar-refractivity contribution < 1.29 is 4.39 Å². The van der Waals surface area contributed by atoms with Gasteiger partial charge in [-0.2, -0.15) is 5.10 Å². The molecule has 0 spiro atoms. The van der Waals surface area contributed by atoms with E-state index in [9.17, 15) is 4.39 Å². The van der Waals surface area contributed by atoms with Crippen LogP contribution in [0.3, 0.4) is 0 Å². The lowest BCUT2D eigenvalue weighted by Crippen LogP contribution is -2.39. The van der Waals surface area contributed by atoms with E-state index >= 15 is 0 Å². The number of nitrogens with two attached hydrogens (primary N) is 1. The molecule has 2 atom stereocenters. The van der Waals surface area contributed by atoms with Crippen molar-refractivity contribution in [3.8, 4) is 0 Å². The molecule has 84 valence electrons. The lowest BCUT2D eigenvalue weighted by molar-refractivity contribution is 0.206. The number of nitrogen functional groups attached to an aromatic ring is 1. The standard InChI is InChI=1S/C10H17FN4/c1-2-10-9(12)6-14-15(10)8-3-7(11)4-13-5-8/h6-8,13H,2-5,12H2,1H3. The number of anilines is 1. The Labute approximate surface area is 88.6 Å². The van der Waals surface area contributed by atoms with Crippen LogP contribution in [-0.2, 0) is 6.42 Å². The lowest BCUT2D eigenvalue weighted by atomic mass is 10.1. The van der Waals surface area contributed by atoms with Gasteiger partial charge in [-0.25, -0.2) is 4.39 Å². The lowest BCUT2D eigenvalue weighted by Gasteiger charge is -2.27. The van der Waals surface area contributed by atoms with Gasteiger partial charge in [0.05, 0.1) is 23.6 Å². The van der Waals surface area contributed by atoms with Crippen molar-refractivity contribution >= 4 is 5.69 Å². The van der Waals surface area contributed by atoms with E-state index in [4.69, 9.17) is 5.73 Å². The van der Waals surface area contributed by atoms with Crippen LogP contribution < -0.4 is 11.1 Å². The SMILES string of the molecule is CCc1c(N)cnn1C1CNCC(F)C1. The molecule has 0 amide bonds. The third kappa shape index (κ3) is 1.97. The highest BCUT2D eigenvalue weighted by Crippen LogP contribution is 2.23. The summed E-state index contributed by atoms with van der Waals surface area (Å²) >= 11 is 0. The first kappa shape index (κ1) is 10.4. The summed E-state index contributed by atoms with van der Waals surface area (Å²) in [4.78, 5) is 0. The average Bonchev–Trinajstić information content (AvgIpc) is 2.59. The molecule has 0 aliphatic carbocycles. The molecule has 1 aliphatic rings. The Morgan fingerprint density at radius 1 is 1.67 bits per heavy atom. The van der Waals surface area contributed by atoms with E-state index in [0.29, 0.717) is 18.7 Å². The molecule has 2 unspecified atom stereocenters. The first-order chi connectivity index (χ1) is 7.22. The number of hydrogen-bond donors (Lipinski definition) is 2. The van der Waals surface area contributed by atoms with Crippen molar-refractivity contribution in [3.63, 3.8) is 0 Å². The van der Waals surface area contributed by atoms with Gasteiger partial charge in [0.15, 0.2) is 0 Å². The smallest absolute Gasteiger partial charge is 0.115 e. The first-order valence-electron chi connectivity index (χ1n) is 5.39. The van der Waals surface area contributed by atoms with Gasteiger partial charge in [-0.05, 0) is 6.42 Å². The fraction of sp³-hybridized carbons (Fsp3) is 0.700. The summed E-state index contributed by atoms with van der Waals surface area (Å²) < 4.78 is 15.1. The normalized spacial score (nSPS) is 26.8. The molecule has 2 heterocycles. The van der Waals surface area contributed by atoms with Crippen LogP contribution in [0.1, 0.15) is 25.1 Å². The van der Waals surface area contributed by atoms with Gasteiger partial charge in [-0.15, -0.1) is 0 Å². The number of alkyl halides is 1. The van der Waals surface area contributed by atoms with E-state index in [1.165, 1.54) is 0 Å². The zero-order chi connectivity index (χ0) is 10.8. The van der Waals surface area contributed by atoms with Gasteiger partial charge in [0.1, 0.15) is 6.17 Å². The fourth-order valence-corrected chi connectivity index (χ4v) is 2.14. The van der Waals surface area contributed by atoms with E-state index in [1.54, 1.807) is 6.20 Å². The van der Waals surface area contributed by atoms with E-state index < -0.39 is 6.17 Å². The second-order valence-electron chi connectivity index (χ2n) is 3.99.